The minimum Gasteiger partial charge on any atom is -0.383 e. The maximum absolute atomic E-state index is 5.97. The molecular weight excluding hydrogens is 198 g/mol. The van der Waals surface area contributed by atoms with Crippen molar-refractivity contribution in [2.45, 2.75) is 38.6 Å². The molecular formula is C13H21N3. The minimum atomic E-state index is 0.488. The number of pyridine rings is 1. The Hall–Kier alpha value is -1.09. The lowest BCUT2D eigenvalue weighted by Crippen LogP contribution is -2.34. The van der Waals surface area contributed by atoms with Crippen molar-refractivity contribution in [2.24, 2.45) is 0 Å². The van der Waals surface area contributed by atoms with Gasteiger partial charge in [-0.05, 0) is 38.4 Å². The van der Waals surface area contributed by atoms with Crippen LogP contribution in [0.15, 0.2) is 18.3 Å². The summed E-state index contributed by atoms with van der Waals surface area (Å²) >= 11 is 0. The zero-order valence-electron chi connectivity index (χ0n) is 10.0. The van der Waals surface area contributed by atoms with Gasteiger partial charge in [-0.25, -0.2) is 4.98 Å². The van der Waals surface area contributed by atoms with Crippen LogP contribution < -0.4 is 5.73 Å². The van der Waals surface area contributed by atoms with Gasteiger partial charge in [-0.15, -0.1) is 0 Å². The molecule has 1 saturated heterocycles. The molecule has 1 fully saturated rings. The van der Waals surface area contributed by atoms with Gasteiger partial charge in [-0.2, -0.15) is 0 Å². The molecule has 2 heterocycles. The number of anilines is 1. The van der Waals surface area contributed by atoms with Gasteiger partial charge in [0.25, 0.3) is 0 Å². The normalized spacial score (nSPS) is 22.2. The van der Waals surface area contributed by atoms with Crippen LogP contribution in [0.5, 0.6) is 0 Å². The third-order valence-corrected chi connectivity index (χ3v) is 3.35. The minimum absolute atomic E-state index is 0.488. The van der Waals surface area contributed by atoms with Gasteiger partial charge in [0.1, 0.15) is 5.82 Å². The second-order valence-electron chi connectivity index (χ2n) is 4.53. The van der Waals surface area contributed by atoms with Gasteiger partial charge in [0.2, 0.25) is 0 Å². The lowest BCUT2D eigenvalue weighted by molar-refractivity contribution is 0.149. The first kappa shape index (κ1) is 11.4. The van der Waals surface area contributed by atoms with E-state index in [2.05, 4.69) is 22.9 Å². The molecule has 0 radical (unpaired) electrons. The van der Waals surface area contributed by atoms with E-state index in [4.69, 9.17) is 5.73 Å². The van der Waals surface area contributed by atoms with E-state index in [9.17, 15) is 0 Å². The van der Waals surface area contributed by atoms with Crippen molar-refractivity contribution >= 4 is 5.82 Å². The van der Waals surface area contributed by atoms with Gasteiger partial charge in [0, 0.05) is 17.8 Å². The summed E-state index contributed by atoms with van der Waals surface area (Å²) in [7, 11) is 0. The Labute approximate surface area is 97.7 Å². The van der Waals surface area contributed by atoms with Gasteiger partial charge < -0.3 is 5.73 Å². The van der Waals surface area contributed by atoms with E-state index < -0.39 is 0 Å². The third kappa shape index (κ3) is 2.35. The number of piperidine rings is 1. The molecule has 0 spiro atoms. The number of rotatable bonds is 3. The molecule has 0 bridgehead atoms. The number of hydrogen-bond donors (Lipinski definition) is 1. The number of nitrogen functional groups attached to an aromatic ring is 1. The lowest BCUT2D eigenvalue weighted by Gasteiger charge is -2.36. The maximum atomic E-state index is 5.97. The summed E-state index contributed by atoms with van der Waals surface area (Å²) in [6.45, 7) is 4.60. The molecule has 1 aromatic heterocycles. The first-order valence-electron chi connectivity index (χ1n) is 6.27. The predicted octanol–water partition coefficient (Wildman–Crippen LogP) is 2.60. The highest BCUT2D eigenvalue weighted by Crippen LogP contribution is 2.32. The summed E-state index contributed by atoms with van der Waals surface area (Å²) in [5, 5.41) is 0. The summed E-state index contributed by atoms with van der Waals surface area (Å²) < 4.78 is 0. The standard InChI is InChI=1S/C13H21N3/c1-2-9-16-10-4-3-7-12(16)11-6-5-8-15-13(11)14/h5-6,8,12H,2-4,7,9-10H2,1H3,(H2,14,15). The smallest absolute Gasteiger partial charge is 0.128 e. The highest BCUT2D eigenvalue weighted by molar-refractivity contribution is 5.41. The van der Waals surface area contributed by atoms with E-state index in [1.807, 2.05) is 6.07 Å². The molecule has 1 aliphatic rings. The van der Waals surface area contributed by atoms with E-state index in [0.717, 1.165) is 0 Å². The number of nitrogens with two attached hydrogens (primary N) is 1. The van der Waals surface area contributed by atoms with Gasteiger partial charge in [-0.3, -0.25) is 4.90 Å². The zero-order valence-corrected chi connectivity index (χ0v) is 10.0. The average molecular weight is 219 g/mol. The quantitative estimate of drug-likeness (QED) is 0.849. The van der Waals surface area contributed by atoms with Crippen molar-refractivity contribution in [1.29, 1.82) is 0 Å². The Kier molecular flexibility index (Phi) is 3.78. The van der Waals surface area contributed by atoms with Crippen LogP contribution in [0.3, 0.4) is 0 Å². The highest BCUT2D eigenvalue weighted by Gasteiger charge is 2.24. The fourth-order valence-corrected chi connectivity index (χ4v) is 2.61. The van der Waals surface area contributed by atoms with Gasteiger partial charge in [0.15, 0.2) is 0 Å². The van der Waals surface area contributed by atoms with Crippen LogP contribution in [0.4, 0.5) is 5.82 Å². The Morgan fingerprint density at radius 3 is 3.12 bits per heavy atom. The van der Waals surface area contributed by atoms with Crippen LogP contribution in [-0.2, 0) is 0 Å². The number of aromatic nitrogens is 1. The van der Waals surface area contributed by atoms with Crippen LogP contribution >= 0.6 is 0 Å². The van der Waals surface area contributed by atoms with Crippen LogP contribution in [0.1, 0.15) is 44.2 Å². The van der Waals surface area contributed by atoms with E-state index in [1.54, 1.807) is 6.20 Å². The van der Waals surface area contributed by atoms with E-state index in [0.29, 0.717) is 11.9 Å². The molecule has 3 heteroatoms. The Bertz CT molecular complexity index is 336. The second-order valence-corrected chi connectivity index (χ2v) is 4.53. The second kappa shape index (κ2) is 5.30. The molecule has 0 aliphatic carbocycles. The van der Waals surface area contributed by atoms with Crippen LogP contribution in [0.25, 0.3) is 0 Å². The average Bonchev–Trinajstić information content (AvgIpc) is 2.31. The van der Waals surface area contributed by atoms with Gasteiger partial charge in [0.05, 0.1) is 0 Å². The molecule has 0 amide bonds. The summed E-state index contributed by atoms with van der Waals surface area (Å²) in [5.41, 5.74) is 7.19. The van der Waals surface area contributed by atoms with Gasteiger partial charge >= 0.3 is 0 Å². The lowest BCUT2D eigenvalue weighted by atomic mass is 9.95. The molecule has 0 aromatic carbocycles. The number of hydrogen-bond acceptors (Lipinski definition) is 3. The molecule has 2 N–H and O–H groups in total. The highest BCUT2D eigenvalue weighted by atomic mass is 15.2. The fraction of sp³-hybridized carbons (Fsp3) is 0.615. The molecule has 3 nitrogen and oxygen atoms in total. The van der Waals surface area contributed by atoms with Crippen LogP contribution in [-0.4, -0.2) is 23.0 Å². The first-order valence-corrected chi connectivity index (χ1v) is 6.27. The van der Waals surface area contributed by atoms with Crippen molar-refractivity contribution in [3.05, 3.63) is 23.9 Å². The largest absolute Gasteiger partial charge is 0.383 e. The number of nitrogens with zero attached hydrogens (tertiary/aromatic N) is 2. The van der Waals surface area contributed by atoms with Crippen molar-refractivity contribution < 1.29 is 0 Å². The Morgan fingerprint density at radius 2 is 2.38 bits per heavy atom. The van der Waals surface area contributed by atoms with Crippen LogP contribution in [0, 0.1) is 0 Å². The van der Waals surface area contributed by atoms with Crippen molar-refractivity contribution in [3.63, 3.8) is 0 Å². The zero-order chi connectivity index (χ0) is 11.4. The molecule has 88 valence electrons. The molecule has 0 saturated carbocycles. The summed E-state index contributed by atoms with van der Waals surface area (Å²) in [5.74, 6) is 0.704. The molecule has 16 heavy (non-hydrogen) atoms. The summed E-state index contributed by atoms with van der Waals surface area (Å²) in [4.78, 5) is 6.75. The Balaban J connectivity index is 2.19. The van der Waals surface area contributed by atoms with E-state index >= 15 is 0 Å². The summed E-state index contributed by atoms with van der Waals surface area (Å²) in [6.07, 6.45) is 6.81. The molecule has 1 atom stereocenters. The molecule has 2 rings (SSSR count). The fourth-order valence-electron chi connectivity index (χ4n) is 2.61. The predicted molar refractivity (Wildman–Crippen MR) is 67.1 cm³/mol. The molecule has 1 unspecified atom stereocenters. The first-order chi connectivity index (χ1) is 7.83. The maximum Gasteiger partial charge on any atom is 0.128 e. The van der Waals surface area contributed by atoms with Crippen molar-refractivity contribution in [2.75, 3.05) is 18.8 Å². The summed E-state index contributed by atoms with van der Waals surface area (Å²) in [6, 6.07) is 4.60. The van der Waals surface area contributed by atoms with E-state index in [-0.39, 0.29) is 0 Å². The number of likely N-dealkylation sites (tertiary alicyclic amines) is 1. The monoisotopic (exact) mass is 219 g/mol. The Morgan fingerprint density at radius 1 is 1.50 bits per heavy atom. The molecule has 1 aromatic rings. The van der Waals surface area contributed by atoms with Crippen molar-refractivity contribution in [3.8, 4) is 0 Å². The topological polar surface area (TPSA) is 42.2 Å². The van der Waals surface area contributed by atoms with Gasteiger partial charge in [-0.1, -0.05) is 19.4 Å². The van der Waals surface area contributed by atoms with Crippen molar-refractivity contribution in [1.82, 2.24) is 9.88 Å². The SMILES string of the molecule is CCCN1CCCCC1c1cccnc1N. The third-order valence-electron chi connectivity index (χ3n) is 3.35. The molecule has 1 aliphatic heterocycles. The van der Waals surface area contributed by atoms with Crippen LogP contribution in [0.2, 0.25) is 0 Å². The van der Waals surface area contributed by atoms with E-state index in [1.165, 1.54) is 44.3 Å².